The molecule has 1 amide bonds. The molecule has 0 aliphatic rings. The zero-order valence-electron chi connectivity index (χ0n) is 16.5. The lowest BCUT2D eigenvalue weighted by Crippen LogP contribution is -2.31. The van der Waals surface area contributed by atoms with Gasteiger partial charge in [0, 0.05) is 5.39 Å². The summed E-state index contributed by atoms with van der Waals surface area (Å²) in [5.74, 6) is 0.598. The van der Waals surface area contributed by atoms with Crippen molar-refractivity contribution in [3.8, 4) is 5.75 Å². The Morgan fingerprint density at radius 3 is 2.33 bits per heavy atom. The molecule has 0 heterocycles. The first-order valence-corrected chi connectivity index (χ1v) is 9.35. The molecule has 3 aromatic rings. The van der Waals surface area contributed by atoms with Gasteiger partial charge in [-0.05, 0) is 34.9 Å². The molecule has 27 heavy (non-hydrogen) atoms. The molecular formula is C24H27NO2. The quantitative estimate of drug-likeness (QED) is 0.661. The second kappa shape index (κ2) is 7.83. The molecule has 3 heteroatoms. The number of carbonyl (C=O) groups excluding carboxylic acids is 1. The number of carbonyl (C=O) groups is 1. The third-order valence-corrected chi connectivity index (χ3v) is 4.76. The van der Waals surface area contributed by atoms with Crippen molar-refractivity contribution in [1.82, 2.24) is 5.32 Å². The normalized spacial score (nSPS) is 12.6. The van der Waals surface area contributed by atoms with Gasteiger partial charge in [0.15, 0.2) is 6.61 Å². The van der Waals surface area contributed by atoms with Gasteiger partial charge in [-0.25, -0.2) is 0 Å². The third kappa shape index (κ3) is 4.68. The van der Waals surface area contributed by atoms with Gasteiger partial charge in [0.25, 0.3) is 5.91 Å². The van der Waals surface area contributed by atoms with Crippen LogP contribution >= 0.6 is 0 Å². The Hall–Kier alpha value is -2.81. The number of amides is 1. The molecule has 0 radical (unpaired) electrons. The maximum absolute atomic E-state index is 12.3. The predicted molar refractivity (Wildman–Crippen MR) is 111 cm³/mol. The Kier molecular flexibility index (Phi) is 5.50. The summed E-state index contributed by atoms with van der Waals surface area (Å²) in [6.07, 6.45) is 0. The van der Waals surface area contributed by atoms with Crippen LogP contribution in [0.2, 0.25) is 0 Å². The number of fused-ring (bicyclic) bond motifs is 1. The van der Waals surface area contributed by atoms with Gasteiger partial charge >= 0.3 is 0 Å². The minimum absolute atomic E-state index is 0.00157. The van der Waals surface area contributed by atoms with E-state index in [4.69, 9.17) is 4.74 Å². The third-order valence-electron chi connectivity index (χ3n) is 4.76. The summed E-state index contributed by atoms with van der Waals surface area (Å²) < 4.78 is 5.77. The lowest BCUT2D eigenvalue weighted by Gasteiger charge is -2.21. The van der Waals surface area contributed by atoms with Crippen molar-refractivity contribution in [3.63, 3.8) is 0 Å². The Balaban J connectivity index is 1.60. The van der Waals surface area contributed by atoms with Gasteiger partial charge < -0.3 is 10.1 Å². The fourth-order valence-electron chi connectivity index (χ4n) is 3.10. The molecule has 0 aliphatic carbocycles. The van der Waals surface area contributed by atoms with Crippen LogP contribution in [0.1, 0.15) is 44.9 Å². The van der Waals surface area contributed by atoms with Gasteiger partial charge in [0.05, 0.1) is 6.04 Å². The summed E-state index contributed by atoms with van der Waals surface area (Å²) in [7, 11) is 0. The second-order valence-corrected chi connectivity index (χ2v) is 7.93. The highest BCUT2D eigenvalue weighted by Crippen LogP contribution is 2.25. The van der Waals surface area contributed by atoms with Crippen LogP contribution in [0.5, 0.6) is 5.75 Å². The highest BCUT2D eigenvalue weighted by molar-refractivity contribution is 5.88. The lowest BCUT2D eigenvalue weighted by atomic mass is 9.86. The molecule has 0 saturated heterocycles. The summed E-state index contributed by atoms with van der Waals surface area (Å²) in [4.78, 5) is 12.3. The van der Waals surface area contributed by atoms with Crippen LogP contribution in [-0.2, 0) is 10.2 Å². The fourth-order valence-corrected chi connectivity index (χ4v) is 3.10. The Morgan fingerprint density at radius 2 is 1.63 bits per heavy atom. The van der Waals surface area contributed by atoms with E-state index in [-0.39, 0.29) is 24.0 Å². The van der Waals surface area contributed by atoms with E-state index < -0.39 is 0 Å². The van der Waals surface area contributed by atoms with E-state index in [0.29, 0.717) is 0 Å². The van der Waals surface area contributed by atoms with Crippen LogP contribution in [0.3, 0.4) is 0 Å². The van der Waals surface area contributed by atoms with Gasteiger partial charge in [0.2, 0.25) is 0 Å². The molecule has 140 valence electrons. The zero-order valence-corrected chi connectivity index (χ0v) is 16.5. The molecule has 0 spiro atoms. The van der Waals surface area contributed by atoms with Crippen molar-refractivity contribution in [1.29, 1.82) is 0 Å². The van der Waals surface area contributed by atoms with Crippen molar-refractivity contribution in [3.05, 3.63) is 77.9 Å². The number of hydrogen-bond donors (Lipinski definition) is 1. The smallest absolute Gasteiger partial charge is 0.258 e. The minimum atomic E-state index is -0.129. The molecule has 0 aromatic heterocycles. The molecule has 3 rings (SSSR count). The monoisotopic (exact) mass is 361 g/mol. The zero-order chi connectivity index (χ0) is 19.4. The summed E-state index contributed by atoms with van der Waals surface area (Å²) in [6.45, 7) is 8.56. The number of hydrogen-bond acceptors (Lipinski definition) is 2. The summed E-state index contributed by atoms with van der Waals surface area (Å²) in [5.41, 5.74) is 2.49. The summed E-state index contributed by atoms with van der Waals surface area (Å²) in [6, 6.07) is 22.2. The number of ether oxygens (including phenoxy) is 1. The van der Waals surface area contributed by atoms with Crippen molar-refractivity contribution in [2.24, 2.45) is 0 Å². The van der Waals surface area contributed by atoms with E-state index in [1.54, 1.807) is 0 Å². The van der Waals surface area contributed by atoms with Crippen LogP contribution in [0.25, 0.3) is 10.8 Å². The van der Waals surface area contributed by atoms with Gasteiger partial charge in [-0.15, -0.1) is 0 Å². The van der Waals surface area contributed by atoms with Gasteiger partial charge in [-0.2, -0.15) is 0 Å². The van der Waals surface area contributed by atoms with Crippen LogP contribution in [0.4, 0.5) is 0 Å². The van der Waals surface area contributed by atoms with Crippen molar-refractivity contribution < 1.29 is 9.53 Å². The van der Waals surface area contributed by atoms with Crippen LogP contribution in [-0.4, -0.2) is 12.5 Å². The van der Waals surface area contributed by atoms with Crippen LogP contribution in [0.15, 0.2) is 66.7 Å². The second-order valence-electron chi connectivity index (χ2n) is 7.93. The molecule has 3 nitrogen and oxygen atoms in total. The molecule has 0 bridgehead atoms. The minimum Gasteiger partial charge on any atom is -0.483 e. The first kappa shape index (κ1) is 19.0. The van der Waals surface area contributed by atoms with E-state index in [2.05, 4.69) is 50.4 Å². The number of rotatable bonds is 5. The Labute approximate surface area is 161 Å². The average molecular weight is 361 g/mol. The largest absolute Gasteiger partial charge is 0.483 e. The molecule has 1 atom stereocenters. The standard InChI is InChI=1S/C24H27NO2/c1-17(18-12-14-20(15-13-18)24(2,3)4)25-23(26)16-27-22-11-7-9-19-8-5-6-10-21(19)22/h5-15,17H,16H2,1-4H3,(H,25,26)/t17-/m1/s1. The Morgan fingerprint density at radius 1 is 0.963 bits per heavy atom. The van der Waals surface area contributed by atoms with E-state index in [1.807, 2.05) is 49.4 Å². The first-order chi connectivity index (χ1) is 12.8. The van der Waals surface area contributed by atoms with Crippen molar-refractivity contribution in [2.45, 2.75) is 39.2 Å². The molecular weight excluding hydrogens is 334 g/mol. The molecule has 0 fully saturated rings. The van der Waals surface area contributed by atoms with Gasteiger partial charge in [-0.1, -0.05) is 81.4 Å². The topological polar surface area (TPSA) is 38.3 Å². The van der Waals surface area contributed by atoms with E-state index >= 15 is 0 Å². The maximum atomic E-state index is 12.3. The SMILES string of the molecule is C[C@@H](NC(=O)COc1cccc2ccccc12)c1ccc(C(C)(C)C)cc1. The van der Waals surface area contributed by atoms with Gasteiger partial charge in [0.1, 0.15) is 5.75 Å². The number of benzene rings is 3. The molecule has 0 aliphatic heterocycles. The molecule has 0 unspecified atom stereocenters. The van der Waals surface area contributed by atoms with Crippen molar-refractivity contribution >= 4 is 16.7 Å². The van der Waals surface area contributed by atoms with Gasteiger partial charge in [-0.3, -0.25) is 4.79 Å². The van der Waals surface area contributed by atoms with Crippen LogP contribution < -0.4 is 10.1 Å². The summed E-state index contributed by atoms with van der Waals surface area (Å²) >= 11 is 0. The fraction of sp³-hybridized carbons (Fsp3) is 0.292. The predicted octanol–water partition coefficient (Wildman–Crippen LogP) is 5.39. The van der Waals surface area contributed by atoms with E-state index in [1.165, 1.54) is 5.56 Å². The van der Waals surface area contributed by atoms with E-state index in [9.17, 15) is 4.79 Å². The summed E-state index contributed by atoms with van der Waals surface area (Å²) in [5, 5.41) is 5.12. The first-order valence-electron chi connectivity index (χ1n) is 9.35. The highest BCUT2D eigenvalue weighted by Gasteiger charge is 2.15. The highest BCUT2D eigenvalue weighted by atomic mass is 16.5. The maximum Gasteiger partial charge on any atom is 0.258 e. The molecule has 3 aromatic carbocycles. The van der Waals surface area contributed by atoms with Crippen molar-refractivity contribution in [2.75, 3.05) is 6.61 Å². The Bertz CT molecular complexity index is 918. The molecule has 0 saturated carbocycles. The lowest BCUT2D eigenvalue weighted by molar-refractivity contribution is -0.123. The van der Waals surface area contributed by atoms with Crippen LogP contribution in [0, 0.1) is 0 Å². The average Bonchev–Trinajstić information content (AvgIpc) is 2.65. The number of nitrogens with one attached hydrogen (secondary N) is 1. The van der Waals surface area contributed by atoms with E-state index in [0.717, 1.165) is 22.1 Å². The molecule has 1 N–H and O–H groups in total.